The van der Waals surface area contributed by atoms with Gasteiger partial charge in [0, 0.05) is 11.6 Å². The van der Waals surface area contributed by atoms with E-state index in [2.05, 4.69) is 12.2 Å². The molecule has 0 spiro atoms. The highest BCUT2D eigenvalue weighted by Gasteiger charge is 2.19. The quantitative estimate of drug-likeness (QED) is 0.838. The summed E-state index contributed by atoms with van der Waals surface area (Å²) in [6.45, 7) is 5.95. The molecule has 0 bridgehead atoms. The fourth-order valence-electron chi connectivity index (χ4n) is 2.10. The number of rotatable bonds is 7. The van der Waals surface area contributed by atoms with E-state index in [9.17, 15) is 4.79 Å². The zero-order chi connectivity index (χ0) is 15.9. The van der Waals surface area contributed by atoms with E-state index >= 15 is 0 Å². The van der Waals surface area contributed by atoms with Crippen LogP contribution in [0, 0.1) is 11.3 Å². The van der Waals surface area contributed by atoms with Gasteiger partial charge in [0.05, 0.1) is 18.7 Å². The minimum absolute atomic E-state index is 0.0879. The average molecular weight is 290 g/mol. The molecule has 1 rings (SSSR count). The Labute approximate surface area is 125 Å². The third-order valence-corrected chi connectivity index (χ3v) is 3.00. The maximum absolute atomic E-state index is 11.9. The summed E-state index contributed by atoms with van der Waals surface area (Å²) in [5, 5.41) is 11.8. The molecule has 0 aromatic heterocycles. The first-order valence-electron chi connectivity index (χ1n) is 6.94. The molecule has 0 heterocycles. The fourth-order valence-corrected chi connectivity index (χ4v) is 2.10. The maximum atomic E-state index is 11.9. The van der Waals surface area contributed by atoms with Crippen molar-refractivity contribution >= 4 is 5.91 Å². The number of nitrogens with zero attached hydrogens (tertiary/aromatic N) is 1. The van der Waals surface area contributed by atoms with Crippen LogP contribution in [-0.2, 0) is 4.79 Å². The van der Waals surface area contributed by atoms with Crippen molar-refractivity contribution in [2.45, 2.75) is 39.2 Å². The first kappa shape index (κ1) is 16.8. The lowest BCUT2D eigenvalue weighted by molar-refractivity contribution is -0.124. The van der Waals surface area contributed by atoms with Crippen molar-refractivity contribution in [1.82, 2.24) is 5.32 Å². The summed E-state index contributed by atoms with van der Waals surface area (Å²) in [5.74, 6) is 0.703. The number of hydrogen-bond donors (Lipinski definition) is 1. The average Bonchev–Trinajstić information content (AvgIpc) is 2.44. The molecule has 114 valence electrons. The fraction of sp³-hybridized carbons (Fsp3) is 0.500. The topological polar surface area (TPSA) is 71.3 Å². The van der Waals surface area contributed by atoms with Gasteiger partial charge in [-0.05, 0) is 32.4 Å². The summed E-state index contributed by atoms with van der Waals surface area (Å²) >= 11 is 0. The highest BCUT2D eigenvalue weighted by Crippen LogP contribution is 2.27. The Balaban J connectivity index is 2.63. The number of methoxy groups -OCH3 is 1. The normalized spacial score (nSPS) is 10.6. The highest BCUT2D eigenvalue weighted by atomic mass is 16.5. The Kier molecular flexibility index (Phi) is 6.04. The summed E-state index contributed by atoms with van der Waals surface area (Å²) in [4.78, 5) is 11.9. The van der Waals surface area contributed by atoms with Crippen molar-refractivity contribution in [3.8, 4) is 17.6 Å². The molecular formula is C16H22N2O3. The molecule has 0 unspecified atom stereocenters. The molecule has 0 fully saturated rings. The highest BCUT2D eigenvalue weighted by molar-refractivity contribution is 5.78. The molecule has 1 amide bonds. The molecule has 0 aliphatic rings. The number of hydrogen-bond acceptors (Lipinski definition) is 4. The van der Waals surface area contributed by atoms with E-state index in [0.717, 1.165) is 12.8 Å². The largest absolute Gasteiger partial charge is 0.493 e. The molecule has 0 radical (unpaired) electrons. The number of benzene rings is 1. The van der Waals surface area contributed by atoms with Crippen LogP contribution in [0.5, 0.6) is 11.5 Å². The SMILES string of the molecule is CCCC(C)(C)NC(=O)COc1ccc(C#N)cc1OC. The minimum Gasteiger partial charge on any atom is -0.493 e. The first-order chi connectivity index (χ1) is 9.91. The monoisotopic (exact) mass is 290 g/mol. The number of amides is 1. The first-order valence-corrected chi connectivity index (χ1v) is 6.94. The van der Waals surface area contributed by atoms with Gasteiger partial charge in [-0.3, -0.25) is 4.79 Å². The van der Waals surface area contributed by atoms with Crippen LogP contribution < -0.4 is 14.8 Å². The zero-order valence-corrected chi connectivity index (χ0v) is 13.0. The van der Waals surface area contributed by atoms with Gasteiger partial charge in [-0.15, -0.1) is 0 Å². The van der Waals surface area contributed by atoms with E-state index in [4.69, 9.17) is 14.7 Å². The molecule has 21 heavy (non-hydrogen) atoms. The van der Waals surface area contributed by atoms with Crippen LogP contribution in [-0.4, -0.2) is 25.2 Å². The van der Waals surface area contributed by atoms with Crippen LogP contribution in [0.2, 0.25) is 0 Å². The molecule has 0 saturated carbocycles. The van der Waals surface area contributed by atoms with Crippen molar-refractivity contribution in [1.29, 1.82) is 5.26 Å². The predicted octanol–water partition coefficient (Wildman–Crippen LogP) is 2.64. The van der Waals surface area contributed by atoms with Gasteiger partial charge in [0.2, 0.25) is 0 Å². The third-order valence-electron chi connectivity index (χ3n) is 3.00. The molecule has 0 aliphatic carbocycles. The van der Waals surface area contributed by atoms with E-state index in [1.165, 1.54) is 7.11 Å². The van der Waals surface area contributed by atoms with Gasteiger partial charge in [0.15, 0.2) is 18.1 Å². The molecule has 1 N–H and O–H groups in total. The van der Waals surface area contributed by atoms with Gasteiger partial charge in [-0.2, -0.15) is 5.26 Å². The molecular weight excluding hydrogens is 268 g/mol. The second-order valence-corrected chi connectivity index (χ2v) is 5.45. The van der Waals surface area contributed by atoms with Crippen molar-refractivity contribution < 1.29 is 14.3 Å². The number of nitrogens with one attached hydrogen (secondary N) is 1. The Morgan fingerprint density at radius 2 is 2.10 bits per heavy atom. The van der Waals surface area contributed by atoms with Gasteiger partial charge >= 0.3 is 0 Å². The van der Waals surface area contributed by atoms with E-state index in [-0.39, 0.29) is 18.1 Å². The molecule has 0 atom stereocenters. The summed E-state index contributed by atoms with van der Waals surface area (Å²) < 4.78 is 10.6. The second kappa shape index (κ2) is 7.53. The number of ether oxygens (including phenoxy) is 2. The Morgan fingerprint density at radius 3 is 2.67 bits per heavy atom. The van der Waals surface area contributed by atoms with Crippen LogP contribution in [0.1, 0.15) is 39.2 Å². The van der Waals surface area contributed by atoms with Crippen LogP contribution in [0.25, 0.3) is 0 Å². The molecule has 5 heteroatoms. The van der Waals surface area contributed by atoms with Crippen molar-refractivity contribution in [2.75, 3.05) is 13.7 Å². The molecule has 5 nitrogen and oxygen atoms in total. The van der Waals surface area contributed by atoms with Gasteiger partial charge in [0.1, 0.15) is 0 Å². The summed E-state index contributed by atoms with van der Waals surface area (Å²) in [5.41, 5.74) is 0.233. The lowest BCUT2D eigenvalue weighted by Gasteiger charge is -2.25. The smallest absolute Gasteiger partial charge is 0.258 e. The van der Waals surface area contributed by atoms with E-state index in [1.54, 1.807) is 18.2 Å². The van der Waals surface area contributed by atoms with Crippen molar-refractivity contribution in [2.24, 2.45) is 0 Å². The van der Waals surface area contributed by atoms with Gasteiger partial charge in [-0.25, -0.2) is 0 Å². The Bertz CT molecular complexity index is 533. The van der Waals surface area contributed by atoms with E-state index in [0.29, 0.717) is 17.1 Å². The Hall–Kier alpha value is -2.22. The van der Waals surface area contributed by atoms with E-state index < -0.39 is 0 Å². The maximum Gasteiger partial charge on any atom is 0.258 e. The van der Waals surface area contributed by atoms with Crippen LogP contribution in [0.3, 0.4) is 0 Å². The number of carbonyl (C=O) groups is 1. The van der Waals surface area contributed by atoms with Crippen LogP contribution >= 0.6 is 0 Å². The zero-order valence-electron chi connectivity index (χ0n) is 13.0. The Morgan fingerprint density at radius 1 is 1.38 bits per heavy atom. The number of carbonyl (C=O) groups excluding carboxylic acids is 1. The lowest BCUT2D eigenvalue weighted by Crippen LogP contribution is -2.45. The molecule has 1 aromatic rings. The second-order valence-electron chi connectivity index (χ2n) is 5.45. The van der Waals surface area contributed by atoms with Gasteiger partial charge in [0.25, 0.3) is 5.91 Å². The van der Waals surface area contributed by atoms with Gasteiger partial charge in [-0.1, -0.05) is 13.3 Å². The summed E-state index contributed by atoms with van der Waals surface area (Å²) in [6, 6.07) is 6.85. The lowest BCUT2D eigenvalue weighted by atomic mass is 9.99. The standard InChI is InChI=1S/C16H22N2O3/c1-5-8-16(2,3)18-15(19)11-21-13-7-6-12(10-17)9-14(13)20-4/h6-7,9H,5,8,11H2,1-4H3,(H,18,19). The van der Waals surface area contributed by atoms with Crippen LogP contribution in [0.4, 0.5) is 0 Å². The van der Waals surface area contributed by atoms with Crippen molar-refractivity contribution in [3.05, 3.63) is 23.8 Å². The summed E-state index contributed by atoms with van der Waals surface area (Å²) in [6.07, 6.45) is 1.90. The van der Waals surface area contributed by atoms with E-state index in [1.807, 2.05) is 19.9 Å². The summed E-state index contributed by atoms with van der Waals surface area (Å²) in [7, 11) is 1.49. The molecule has 1 aromatic carbocycles. The minimum atomic E-state index is -0.246. The predicted molar refractivity (Wildman–Crippen MR) is 80.3 cm³/mol. The third kappa shape index (κ3) is 5.35. The van der Waals surface area contributed by atoms with Crippen molar-refractivity contribution in [3.63, 3.8) is 0 Å². The molecule has 0 aliphatic heterocycles. The molecule has 0 saturated heterocycles. The van der Waals surface area contributed by atoms with Crippen LogP contribution in [0.15, 0.2) is 18.2 Å². The van der Waals surface area contributed by atoms with Gasteiger partial charge < -0.3 is 14.8 Å². The number of nitriles is 1.